The standard InChI is InChI=1S/C25H28N4O/c1-19-9-7-8-14-29(19)18-22-13-6-5-12-21(22)15-28-25(30)23-16-26-24(27-17-23)20-10-3-2-4-11-20/h2-6,10-13,16-17,19H,7-9,14-15,18H2,1H3,(H,28,30). The number of nitrogens with zero attached hydrogens (tertiary/aromatic N) is 3. The molecule has 4 rings (SSSR count). The van der Waals surface area contributed by atoms with Gasteiger partial charge in [-0.2, -0.15) is 0 Å². The molecule has 0 bridgehead atoms. The molecule has 1 atom stereocenters. The van der Waals surface area contributed by atoms with Gasteiger partial charge >= 0.3 is 0 Å². The smallest absolute Gasteiger partial charge is 0.254 e. The highest BCUT2D eigenvalue weighted by atomic mass is 16.1. The molecule has 2 aromatic carbocycles. The Balaban J connectivity index is 1.39. The van der Waals surface area contributed by atoms with Gasteiger partial charge in [0.1, 0.15) is 0 Å². The number of amides is 1. The van der Waals surface area contributed by atoms with Crippen molar-refractivity contribution in [3.8, 4) is 11.4 Å². The highest BCUT2D eigenvalue weighted by molar-refractivity contribution is 5.93. The minimum absolute atomic E-state index is 0.157. The van der Waals surface area contributed by atoms with Crippen LogP contribution in [0, 0.1) is 0 Å². The van der Waals surface area contributed by atoms with E-state index in [2.05, 4.69) is 45.3 Å². The molecule has 1 amide bonds. The van der Waals surface area contributed by atoms with Crippen molar-refractivity contribution in [3.63, 3.8) is 0 Å². The van der Waals surface area contributed by atoms with Gasteiger partial charge in [0.2, 0.25) is 0 Å². The molecule has 1 aliphatic heterocycles. The number of hydrogen-bond donors (Lipinski definition) is 1. The van der Waals surface area contributed by atoms with Crippen LogP contribution in [-0.2, 0) is 13.1 Å². The number of carbonyl (C=O) groups excluding carboxylic acids is 1. The molecule has 0 spiro atoms. The second kappa shape index (κ2) is 9.63. The van der Waals surface area contributed by atoms with Crippen molar-refractivity contribution >= 4 is 5.91 Å². The molecule has 2 heterocycles. The summed E-state index contributed by atoms with van der Waals surface area (Å²) in [6.07, 6.45) is 7.03. The summed E-state index contributed by atoms with van der Waals surface area (Å²) in [5, 5.41) is 3.03. The van der Waals surface area contributed by atoms with Crippen LogP contribution in [0.2, 0.25) is 0 Å². The lowest BCUT2D eigenvalue weighted by atomic mass is 10.0. The number of piperidine rings is 1. The average molecular weight is 401 g/mol. The fraction of sp³-hybridized carbons (Fsp3) is 0.320. The molecule has 30 heavy (non-hydrogen) atoms. The maximum atomic E-state index is 12.6. The molecule has 5 heteroatoms. The van der Waals surface area contributed by atoms with Crippen molar-refractivity contribution in [1.29, 1.82) is 0 Å². The highest BCUT2D eigenvalue weighted by Crippen LogP contribution is 2.21. The highest BCUT2D eigenvalue weighted by Gasteiger charge is 2.19. The first-order valence-corrected chi connectivity index (χ1v) is 10.7. The summed E-state index contributed by atoms with van der Waals surface area (Å²) in [5.74, 6) is 0.462. The summed E-state index contributed by atoms with van der Waals surface area (Å²) < 4.78 is 0. The molecule has 0 saturated carbocycles. The molecule has 0 radical (unpaired) electrons. The van der Waals surface area contributed by atoms with E-state index in [9.17, 15) is 4.79 Å². The first-order valence-electron chi connectivity index (χ1n) is 10.7. The Bertz CT molecular complexity index is 972. The number of carbonyl (C=O) groups is 1. The van der Waals surface area contributed by atoms with Crippen LogP contribution in [0.3, 0.4) is 0 Å². The molecule has 1 aromatic heterocycles. The molecule has 3 aromatic rings. The lowest BCUT2D eigenvalue weighted by Gasteiger charge is -2.33. The summed E-state index contributed by atoms with van der Waals surface area (Å²) in [5.41, 5.74) is 3.84. The van der Waals surface area contributed by atoms with E-state index in [0.29, 0.717) is 24.0 Å². The number of aromatic nitrogens is 2. The van der Waals surface area contributed by atoms with Crippen LogP contribution in [0.25, 0.3) is 11.4 Å². The molecule has 1 unspecified atom stereocenters. The van der Waals surface area contributed by atoms with Gasteiger partial charge in [-0.25, -0.2) is 9.97 Å². The van der Waals surface area contributed by atoms with Crippen molar-refractivity contribution in [2.75, 3.05) is 6.54 Å². The zero-order chi connectivity index (χ0) is 20.8. The molecule has 1 aliphatic rings. The van der Waals surface area contributed by atoms with Gasteiger partial charge in [0.15, 0.2) is 5.82 Å². The predicted octanol–water partition coefficient (Wildman–Crippen LogP) is 4.45. The van der Waals surface area contributed by atoms with Gasteiger partial charge in [0, 0.05) is 37.1 Å². The largest absolute Gasteiger partial charge is 0.348 e. The minimum Gasteiger partial charge on any atom is -0.348 e. The lowest BCUT2D eigenvalue weighted by Crippen LogP contribution is -2.37. The summed E-state index contributed by atoms with van der Waals surface area (Å²) in [4.78, 5) is 23.9. The van der Waals surface area contributed by atoms with E-state index in [0.717, 1.165) is 24.2 Å². The Morgan fingerprint density at radius 1 is 1.00 bits per heavy atom. The molecular weight excluding hydrogens is 372 g/mol. The van der Waals surface area contributed by atoms with Crippen LogP contribution in [-0.4, -0.2) is 33.4 Å². The summed E-state index contributed by atoms with van der Waals surface area (Å²) in [6, 6.07) is 18.7. The molecule has 1 saturated heterocycles. The van der Waals surface area contributed by atoms with Gasteiger partial charge < -0.3 is 5.32 Å². The fourth-order valence-electron chi connectivity index (χ4n) is 3.95. The number of likely N-dealkylation sites (tertiary alicyclic amines) is 1. The van der Waals surface area contributed by atoms with Crippen LogP contribution < -0.4 is 5.32 Å². The van der Waals surface area contributed by atoms with Crippen molar-refractivity contribution in [1.82, 2.24) is 20.2 Å². The zero-order valence-electron chi connectivity index (χ0n) is 17.4. The quantitative estimate of drug-likeness (QED) is 0.664. The maximum Gasteiger partial charge on any atom is 0.254 e. The molecule has 1 N–H and O–H groups in total. The van der Waals surface area contributed by atoms with E-state index in [1.54, 1.807) is 12.4 Å². The van der Waals surface area contributed by atoms with E-state index in [1.807, 2.05) is 36.4 Å². The number of benzene rings is 2. The van der Waals surface area contributed by atoms with Gasteiger partial charge in [-0.05, 0) is 37.4 Å². The van der Waals surface area contributed by atoms with Crippen LogP contribution in [0.15, 0.2) is 67.0 Å². The van der Waals surface area contributed by atoms with Crippen molar-refractivity contribution in [2.45, 2.75) is 45.3 Å². The third kappa shape index (κ3) is 4.92. The Hall–Kier alpha value is -3.05. The first kappa shape index (κ1) is 20.2. The van der Waals surface area contributed by atoms with Gasteiger partial charge in [0.05, 0.1) is 5.56 Å². The van der Waals surface area contributed by atoms with E-state index in [-0.39, 0.29) is 5.91 Å². The summed E-state index contributed by atoms with van der Waals surface area (Å²) in [6.45, 7) is 4.88. The Kier molecular flexibility index (Phi) is 6.50. The minimum atomic E-state index is -0.157. The van der Waals surface area contributed by atoms with E-state index >= 15 is 0 Å². The molecule has 5 nitrogen and oxygen atoms in total. The van der Waals surface area contributed by atoms with Crippen LogP contribution in [0.1, 0.15) is 47.7 Å². The van der Waals surface area contributed by atoms with Crippen molar-refractivity contribution in [2.24, 2.45) is 0 Å². The van der Waals surface area contributed by atoms with E-state index in [1.165, 1.54) is 24.8 Å². The van der Waals surface area contributed by atoms with E-state index < -0.39 is 0 Å². The SMILES string of the molecule is CC1CCCCN1Cc1ccccc1CNC(=O)c1cnc(-c2ccccc2)nc1. The number of rotatable bonds is 6. The topological polar surface area (TPSA) is 58.1 Å². The monoisotopic (exact) mass is 400 g/mol. The van der Waals surface area contributed by atoms with Gasteiger partial charge in [0.25, 0.3) is 5.91 Å². The van der Waals surface area contributed by atoms with Crippen molar-refractivity contribution < 1.29 is 4.79 Å². The molecule has 1 fully saturated rings. The molecule has 0 aliphatic carbocycles. The average Bonchev–Trinajstić information content (AvgIpc) is 2.80. The molecule has 154 valence electrons. The van der Waals surface area contributed by atoms with Gasteiger partial charge in [-0.15, -0.1) is 0 Å². The normalized spacial score (nSPS) is 16.9. The van der Waals surface area contributed by atoms with Crippen LogP contribution in [0.5, 0.6) is 0 Å². The first-order chi connectivity index (χ1) is 14.7. The Morgan fingerprint density at radius 3 is 2.43 bits per heavy atom. The Labute approximate surface area is 178 Å². The van der Waals surface area contributed by atoms with Crippen LogP contribution >= 0.6 is 0 Å². The maximum absolute atomic E-state index is 12.6. The number of hydrogen-bond acceptors (Lipinski definition) is 4. The summed E-state index contributed by atoms with van der Waals surface area (Å²) in [7, 11) is 0. The van der Waals surface area contributed by atoms with Crippen LogP contribution in [0.4, 0.5) is 0 Å². The third-order valence-electron chi connectivity index (χ3n) is 5.82. The fourth-order valence-corrected chi connectivity index (χ4v) is 3.95. The molecular formula is C25H28N4O. The Morgan fingerprint density at radius 2 is 1.70 bits per heavy atom. The summed E-state index contributed by atoms with van der Waals surface area (Å²) >= 11 is 0. The second-order valence-electron chi connectivity index (χ2n) is 7.93. The predicted molar refractivity (Wildman–Crippen MR) is 119 cm³/mol. The zero-order valence-corrected chi connectivity index (χ0v) is 17.4. The lowest BCUT2D eigenvalue weighted by molar-refractivity contribution is 0.0949. The third-order valence-corrected chi connectivity index (χ3v) is 5.82. The van der Waals surface area contributed by atoms with E-state index in [4.69, 9.17) is 0 Å². The van der Waals surface area contributed by atoms with Crippen molar-refractivity contribution in [3.05, 3.63) is 83.7 Å². The number of nitrogens with one attached hydrogen (secondary N) is 1. The second-order valence-corrected chi connectivity index (χ2v) is 7.93. The van der Waals surface area contributed by atoms with Gasteiger partial charge in [-0.3, -0.25) is 9.69 Å². The van der Waals surface area contributed by atoms with Gasteiger partial charge in [-0.1, -0.05) is 61.0 Å².